The van der Waals surface area contributed by atoms with Crippen LogP contribution < -0.4 is 10.5 Å². The second-order valence-corrected chi connectivity index (χ2v) is 4.28. The van der Waals surface area contributed by atoms with Gasteiger partial charge in [0.05, 0.1) is 0 Å². The van der Waals surface area contributed by atoms with Crippen LogP contribution in [0.25, 0.3) is 11.1 Å². The number of benzene rings is 2. The molecule has 0 aliphatic heterocycles. The van der Waals surface area contributed by atoms with E-state index in [0.29, 0.717) is 5.56 Å². The molecule has 6 heteroatoms. The summed E-state index contributed by atoms with van der Waals surface area (Å²) >= 11 is 0. The number of aryl methyl sites for hydroxylation is 1. The van der Waals surface area contributed by atoms with Crippen LogP contribution in [0.3, 0.4) is 0 Å². The molecule has 0 fully saturated rings. The van der Waals surface area contributed by atoms with Crippen LogP contribution in [-0.4, -0.2) is 6.36 Å². The minimum absolute atomic E-state index is 0.00880. The van der Waals surface area contributed by atoms with Gasteiger partial charge in [-0.2, -0.15) is 0 Å². The maximum atomic E-state index is 13.8. The molecular formula is C14H11F4NO. The van der Waals surface area contributed by atoms with Crippen molar-refractivity contribution >= 4 is 5.69 Å². The van der Waals surface area contributed by atoms with Crippen LogP contribution in [-0.2, 0) is 0 Å². The van der Waals surface area contributed by atoms with E-state index in [4.69, 9.17) is 5.73 Å². The van der Waals surface area contributed by atoms with E-state index in [2.05, 4.69) is 4.74 Å². The Labute approximate surface area is 112 Å². The van der Waals surface area contributed by atoms with Crippen molar-refractivity contribution in [1.82, 2.24) is 0 Å². The van der Waals surface area contributed by atoms with Gasteiger partial charge in [0.1, 0.15) is 11.6 Å². The molecule has 0 saturated carbocycles. The number of alkyl halides is 3. The Balaban J connectivity index is 2.39. The molecule has 0 heterocycles. The zero-order valence-electron chi connectivity index (χ0n) is 10.5. The van der Waals surface area contributed by atoms with Gasteiger partial charge in [0, 0.05) is 22.9 Å². The van der Waals surface area contributed by atoms with Gasteiger partial charge in [0.2, 0.25) is 0 Å². The molecule has 2 nitrogen and oxygen atoms in total. The SMILES string of the molecule is Cc1ccc(-c2ccc(OC(F)(F)F)cc2N)c(F)c1. The van der Waals surface area contributed by atoms with Crippen LogP contribution in [0.5, 0.6) is 5.75 Å². The third-order valence-electron chi connectivity index (χ3n) is 2.67. The Bertz CT molecular complexity index is 638. The number of hydrogen-bond acceptors (Lipinski definition) is 2. The van der Waals surface area contributed by atoms with Gasteiger partial charge >= 0.3 is 6.36 Å². The summed E-state index contributed by atoms with van der Waals surface area (Å²) in [6.45, 7) is 1.73. The van der Waals surface area contributed by atoms with E-state index in [1.165, 1.54) is 18.2 Å². The number of halogens is 4. The Morgan fingerprint density at radius 2 is 1.65 bits per heavy atom. The standard InChI is InChI=1S/C14H11F4NO/c1-8-2-4-10(12(15)6-8)11-5-3-9(7-13(11)19)20-14(16,17)18/h2-7H,19H2,1H3. The highest BCUT2D eigenvalue weighted by atomic mass is 19.4. The predicted molar refractivity (Wildman–Crippen MR) is 67.7 cm³/mol. The zero-order valence-corrected chi connectivity index (χ0v) is 10.5. The molecule has 0 radical (unpaired) electrons. The number of nitrogen functional groups attached to an aromatic ring is 1. The van der Waals surface area contributed by atoms with Crippen LogP contribution in [0.4, 0.5) is 23.2 Å². The Morgan fingerprint density at radius 3 is 2.20 bits per heavy atom. The van der Waals surface area contributed by atoms with Crippen molar-refractivity contribution in [1.29, 1.82) is 0 Å². The summed E-state index contributed by atoms with van der Waals surface area (Å²) in [6.07, 6.45) is -4.79. The summed E-state index contributed by atoms with van der Waals surface area (Å²) in [5.41, 5.74) is 6.96. The molecule has 0 amide bonds. The van der Waals surface area contributed by atoms with Crippen molar-refractivity contribution < 1.29 is 22.3 Å². The highest BCUT2D eigenvalue weighted by molar-refractivity contribution is 5.77. The van der Waals surface area contributed by atoms with E-state index >= 15 is 0 Å². The fourth-order valence-corrected chi connectivity index (χ4v) is 1.82. The molecule has 106 valence electrons. The first kappa shape index (κ1) is 14.2. The van der Waals surface area contributed by atoms with Crippen molar-refractivity contribution in [3.05, 3.63) is 47.8 Å². The van der Waals surface area contributed by atoms with E-state index in [0.717, 1.165) is 17.7 Å². The van der Waals surface area contributed by atoms with Crippen LogP contribution in [0, 0.1) is 12.7 Å². The first-order valence-corrected chi connectivity index (χ1v) is 5.68. The molecule has 0 bridgehead atoms. The van der Waals surface area contributed by atoms with Gasteiger partial charge in [-0.05, 0) is 30.7 Å². The first-order valence-electron chi connectivity index (χ1n) is 5.68. The van der Waals surface area contributed by atoms with Crippen LogP contribution in [0.1, 0.15) is 5.56 Å². The van der Waals surface area contributed by atoms with E-state index in [1.54, 1.807) is 13.0 Å². The topological polar surface area (TPSA) is 35.2 Å². The predicted octanol–water partition coefficient (Wildman–Crippen LogP) is 4.28. The Hall–Kier alpha value is -2.24. The third-order valence-corrected chi connectivity index (χ3v) is 2.67. The van der Waals surface area contributed by atoms with Crippen LogP contribution in [0.2, 0.25) is 0 Å². The molecule has 20 heavy (non-hydrogen) atoms. The fraction of sp³-hybridized carbons (Fsp3) is 0.143. The lowest BCUT2D eigenvalue weighted by molar-refractivity contribution is -0.274. The quantitative estimate of drug-likeness (QED) is 0.660. The van der Waals surface area contributed by atoms with Gasteiger partial charge in [-0.25, -0.2) is 4.39 Å². The smallest absolute Gasteiger partial charge is 0.406 e. The number of ether oxygens (including phenoxy) is 1. The second-order valence-electron chi connectivity index (χ2n) is 4.28. The van der Waals surface area contributed by atoms with Gasteiger partial charge in [-0.1, -0.05) is 12.1 Å². The fourth-order valence-electron chi connectivity index (χ4n) is 1.82. The molecule has 0 atom stereocenters. The average Bonchev–Trinajstić information content (AvgIpc) is 2.28. The molecule has 0 aliphatic carbocycles. The van der Waals surface area contributed by atoms with Crippen molar-refractivity contribution in [2.45, 2.75) is 13.3 Å². The second kappa shape index (κ2) is 5.03. The van der Waals surface area contributed by atoms with Gasteiger partial charge in [-0.15, -0.1) is 13.2 Å². The van der Waals surface area contributed by atoms with Crippen LogP contribution >= 0.6 is 0 Å². The Morgan fingerprint density at radius 1 is 1.00 bits per heavy atom. The summed E-state index contributed by atoms with van der Waals surface area (Å²) in [4.78, 5) is 0. The number of nitrogens with two attached hydrogens (primary N) is 1. The summed E-state index contributed by atoms with van der Waals surface area (Å²) in [5, 5.41) is 0. The molecule has 2 rings (SSSR count). The van der Waals surface area contributed by atoms with Gasteiger partial charge < -0.3 is 10.5 Å². The highest BCUT2D eigenvalue weighted by Gasteiger charge is 2.31. The minimum Gasteiger partial charge on any atom is -0.406 e. The Kier molecular flexibility index (Phi) is 3.57. The van der Waals surface area contributed by atoms with E-state index in [-0.39, 0.29) is 11.3 Å². The summed E-state index contributed by atoms with van der Waals surface area (Å²) in [7, 11) is 0. The highest BCUT2D eigenvalue weighted by Crippen LogP contribution is 2.33. The lowest BCUT2D eigenvalue weighted by Gasteiger charge is -2.12. The van der Waals surface area contributed by atoms with Gasteiger partial charge in [-0.3, -0.25) is 0 Å². The normalized spacial score (nSPS) is 11.4. The molecule has 0 spiro atoms. The molecular weight excluding hydrogens is 274 g/mol. The summed E-state index contributed by atoms with van der Waals surface area (Å²) in [6, 6.07) is 7.96. The summed E-state index contributed by atoms with van der Waals surface area (Å²) < 4.78 is 53.8. The third kappa shape index (κ3) is 3.20. The maximum absolute atomic E-state index is 13.8. The average molecular weight is 285 g/mol. The van der Waals surface area contributed by atoms with Crippen molar-refractivity contribution in [3.63, 3.8) is 0 Å². The summed E-state index contributed by atoms with van der Waals surface area (Å²) in [5.74, 6) is -0.924. The largest absolute Gasteiger partial charge is 0.573 e. The monoisotopic (exact) mass is 285 g/mol. The van der Waals surface area contributed by atoms with Crippen molar-refractivity contribution in [3.8, 4) is 16.9 Å². The molecule has 2 aromatic carbocycles. The molecule has 2 aromatic rings. The molecule has 0 aliphatic rings. The zero-order chi connectivity index (χ0) is 14.9. The first-order chi connectivity index (χ1) is 9.26. The minimum atomic E-state index is -4.79. The number of rotatable bonds is 2. The molecule has 2 N–H and O–H groups in total. The van der Waals surface area contributed by atoms with Gasteiger partial charge in [0.25, 0.3) is 0 Å². The van der Waals surface area contributed by atoms with E-state index in [9.17, 15) is 17.6 Å². The van der Waals surface area contributed by atoms with E-state index in [1.807, 2.05) is 0 Å². The molecule has 0 unspecified atom stereocenters. The molecule has 0 aromatic heterocycles. The maximum Gasteiger partial charge on any atom is 0.573 e. The number of hydrogen-bond donors (Lipinski definition) is 1. The van der Waals surface area contributed by atoms with E-state index < -0.39 is 17.9 Å². The van der Waals surface area contributed by atoms with Gasteiger partial charge in [0.15, 0.2) is 0 Å². The number of anilines is 1. The van der Waals surface area contributed by atoms with Crippen molar-refractivity contribution in [2.24, 2.45) is 0 Å². The lowest BCUT2D eigenvalue weighted by atomic mass is 10.0. The van der Waals surface area contributed by atoms with Crippen molar-refractivity contribution in [2.75, 3.05) is 5.73 Å². The lowest BCUT2D eigenvalue weighted by Crippen LogP contribution is -2.17. The van der Waals surface area contributed by atoms with Crippen LogP contribution in [0.15, 0.2) is 36.4 Å². The molecule has 0 saturated heterocycles.